The van der Waals surface area contributed by atoms with Gasteiger partial charge in [0.25, 0.3) is 0 Å². The van der Waals surface area contributed by atoms with E-state index in [9.17, 15) is 0 Å². The minimum Gasteiger partial charge on any atom is -0.397 e. The van der Waals surface area contributed by atoms with Crippen molar-refractivity contribution in [2.75, 3.05) is 23.7 Å². The zero-order chi connectivity index (χ0) is 10.1. The Morgan fingerprint density at radius 3 is 2.79 bits per heavy atom. The lowest BCUT2D eigenvalue weighted by Crippen LogP contribution is -2.46. The van der Waals surface area contributed by atoms with E-state index >= 15 is 0 Å². The number of nitrogen functional groups attached to an aromatic ring is 1. The van der Waals surface area contributed by atoms with Crippen molar-refractivity contribution in [3.63, 3.8) is 0 Å². The van der Waals surface area contributed by atoms with Crippen molar-refractivity contribution in [2.24, 2.45) is 5.92 Å². The van der Waals surface area contributed by atoms with Crippen LogP contribution in [0.15, 0.2) is 18.2 Å². The van der Waals surface area contributed by atoms with Crippen LogP contribution < -0.4 is 10.6 Å². The number of aryl methyl sites for hydroxylation is 1. The molecule has 0 unspecified atom stereocenters. The molecule has 0 saturated carbocycles. The molecular formula is C12H18N2. The number of benzene rings is 1. The van der Waals surface area contributed by atoms with Gasteiger partial charge in [-0.1, -0.05) is 13.0 Å². The van der Waals surface area contributed by atoms with Crippen molar-refractivity contribution in [2.45, 2.75) is 20.3 Å². The summed E-state index contributed by atoms with van der Waals surface area (Å²) in [7, 11) is 0. The summed E-state index contributed by atoms with van der Waals surface area (Å²) in [5.41, 5.74) is 9.36. The van der Waals surface area contributed by atoms with Crippen molar-refractivity contribution in [1.29, 1.82) is 0 Å². The number of rotatable bonds is 2. The van der Waals surface area contributed by atoms with Gasteiger partial charge in [0.15, 0.2) is 0 Å². The van der Waals surface area contributed by atoms with Crippen LogP contribution in [-0.2, 0) is 0 Å². The molecular weight excluding hydrogens is 172 g/mol. The van der Waals surface area contributed by atoms with E-state index in [1.54, 1.807) is 0 Å². The highest BCUT2D eigenvalue weighted by Crippen LogP contribution is 2.31. The summed E-state index contributed by atoms with van der Waals surface area (Å²) in [6.07, 6.45) is 1.28. The quantitative estimate of drug-likeness (QED) is 0.726. The van der Waals surface area contributed by atoms with E-state index in [0.717, 1.165) is 11.6 Å². The molecule has 76 valence electrons. The summed E-state index contributed by atoms with van der Waals surface area (Å²) >= 11 is 0. The van der Waals surface area contributed by atoms with Crippen LogP contribution >= 0.6 is 0 Å². The fourth-order valence-corrected chi connectivity index (χ4v) is 1.95. The van der Waals surface area contributed by atoms with E-state index < -0.39 is 0 Å². The third-order valence-corrected chi connectivity index (χ3v) is 3.06. The second-order valence-electron chi connectivity index (χ2n) is 4.24. The van der Waals surface area contributed by atoms with E-state index in [4.69, 9.17) is 5.73 Å². The lowest BCUT2D eigenvalue weighted by molar-refractivity contribution is 0.399. The third-order valence-electron chi connectivity index (χ3n) is 3.06. The number of anilines is 2. The van der Waals surface area contributed by atoms with E-state index in [2.05, 4.69) is 30.9 Å². The summed E-state index contributed by atoms with van der Waals surface area (Å²) in [6, 6.07) is 6.25. The molecule has 0 bridgehead atoms. The topological polar surface area (TPSA) is 29.3 Å². The molecule has 0 aromatic heterocycles. The highest BCUT2D eigenvalue weighted by Gasteiger charge is 2.26. The highest BCUT2D eigenvalue weighted by atomic mass is 15.2. The Balaban J connectivity index is 2.13. The Morgan fingerprint density at radius 1 is 1.43 bits per heavy atom. The van der Waals surface area contributed by atoms with Gasteiger partial charge < -0.3 is 10.6 Å². The Labute approximate surface area is 85.7 Å². The van der Waals surface area contributed by atoms with Crippen LogP contribution in [0.1, 0.15) is 18.9 Å². The first kappa shape index (κ1) is 9.38. The Hall–Kier alpha value is -1.18. The van der Waals surface area contributed by atoms with Crippen LogP contribution in [0, 0.1) is 12.8 Å². The summed E-state index contributed by atoms with van der Waals surface area (Å²) in [4.78, 5) is 2.37. The molecule has 0 amide bonds. The van der Waals surface area contributed by atoms with Crippen molar-refractivity contribution in [3.8, 4) is 0 Å². The van der Waals surface area contributed by atoms with Crippen molar-refractivity contribution < 1.29 is 0 Å². The van der Waals surface area contributed by atoms with Crippen molar-refractivity contribution >= 4 is 11.4 Å². The molecule has 0 radical (unpaired) electrons. The molecule has 0 atom stereocenters. The van der Waals surface area contributed by atoms with Gasteiger partial charge in [-0.15, -0.1) is 0 Å². The van der Waals surface area contributed by atoms with Gasteiger partial charge in [0, 0.05) is 13.1 Å². The molecule has 2 nitrogen and oxygen atoms in total. The van der Waals surface area contributed by atoms with Crippen LogP contribution in [0.5, 0.6) is 0 Å². The molecule has 1 aromatic carbocycles. The van der Waals surface area contributed by atoms with E-state index in [1.807, 2.05) is 6.07 Å². The van der Waals surface area contributed by atoms with Gasteiger partial charge in [-0.2, -0.15) is 0 Å². The second-order valence-corrected chi connectivity index (χ2v) is 4.24. The first-order valence-corrected chi connectivity index (χ1v) is 5.31. The van der Waals surface area contributed by atoms with Crippen LogP contribution in [0.2, 0.25) is 0 Å². The normalized spacial score (nSPS) is 16.9. The van der Waals surface area contributed by atoms with Gasteiger partial charge in [0.05, 0.1) is 11.4 Å². The van der Waals surface area contributed by atoms with Gasteiger partial charge >= 0.3 is 0 Å². The predicted molar refractivity (Wildman–Crippen MR) is 61.6 cm³/mol. The molecule has 2 rings (SSSR count). The minimum atomic E-state index is 0.870. The molecule has 1 aliphatic heterocycles. The minimum absolute atomic E-state index is 0.870. The Morgan fingerprint density at radius 2 is 2.14 bits per heavy atom. The highest BCUT2D eigenvalue weighted by molar-refractivity contribution is 5.69. The molecule has 2 heteroatoms. The standard InChI is InChI=1S/C12H18N2/c1-3-10-7-14(8-10)12-6-9(2)4-5-11(12)13/h4-6,10H,3,7-8,13H2,1-2H3. The zero-order valence-electron chi connectivity index (χ0n) is 8.96. The fourth-order valence-electron chi connectivity index (χ4n) is 1.95. The zero-order valence-corrected chi connectivity index (χ0v) is 8.96. The molecule has 1 saturated heterocycles. The fraction of sp³-hybridized carbons (Fsp3) is 0.500. The maximum Gasteiger partial charge on any atom is 0.0602 e. The molecule has 0 spiro atoms. The van der Waals surface area contributed by atoms with Crippen molar-refractivity contribution in [1.82, 2.24) is 0 Å². The molecule has 1 fully saturated rings. The van der Waals surface area contributed by atoms with Gasteiger partial charge in [-0.25, -0.2) is 0 Å². The van der Waals surface area contributed by atoms with Crippen LogP contribution in [-0.4, -0.2) is 13.1 Å². The molecule has 1 aliphatic rings. The van der Waals surface area contributed by atoms with E-state index in [0.29, 0.717) is 0 Å². The van der Waals surface area contributed by atoms with Gasteiger partial charge in [-0.05, 0) is 37.0 Å². The Kier molecular flexibility index (Phi) is 2.36. The number of nitrogens with two attached hydrogens (primary N) is 1. The summed E-state index contributed by atoms with van der Waals surface area (Å²) in [5.74, 6) is 0.870. The average molecular weight is 190 g/mol. The first-order valence-electron chi connectivity index (χ1n) is 5.31. The number of hydrogen-bond donors (Lipinski definition) is 1. The van der Waals surface area contributed by atoms with Crippen LogP contribution in [0.3, 0.4) is 0 Å². The maximum absolute atomic E-state index is 5.95. The van der Waals surface area contributed by atoms with E-state index in [1.165, 1.54) is 30.8 Å². The van der Waals surface area contributed by atoms with Gasteiger partial charge in [-0.3, -0.25) is 0 Å². The monoisotopic (exact) mass is 190 g/mol. The average Bonchev–Trinajstić information content (AvgIpc) is 2.09. The van der Waals surface area contributed by atoms with Crippen molar-refractivity contribution in [3.05, 3.63) is 23.8 Å². The SMILES string of the molecule is CCC1CN(c2cc(C)ccc2N)C1. The Bertz CT molecular complexity index is 327. The number of nitrogens with zero attached hydrogens (tertiary/aromatic N) is 1. The van der Waals surface area contributed by atoms with Gasteiger partial charge in [0.2, 0.25) is 0 Å². The largest absolute Gasteiger partial charge is 0.397 e. The third kappa shape index (κ3) is 1.57. The van der Waals surface area contributed by atoms with E-state index in [-0.39, 0.29) is 0 Å². The second kappa shape index (κ2) is 3.52. The van der Waals surface area contributed by atoms with Crippen LogP contribution in [0.25, 0.3) is 0 Å². The molecule has 14 heavy (non-hydrogen) atoms. The smallest absolute Gasteiger partial charge is 0.0602 e. The first-order chi connectivity index (χ1) is 6.70. The summed E-state index contributed by atoms with van der Waals surface area (Å²) in [6.45, 7) is 6.70. The van der Waals surface area contributed by atoms with Crippen LogP contribution in [0.4, 0.5) is 11.4 Å². The number of hydrogen-bond acceptors (Lipinski definition) is 2. The molecule has 1 heterocycles. The molecule has 0 aliphatic carbocycles. The predicted octanol–water partition coefficient (Wildman–Crippen LogP) is 2.42. The lowest BCUT2D eigenvalue weighted by atomic mass is 9.96. The van der Waals surface area contributed by atoms with Gasteiger partial charge in [0.1, 0.15) is 0 Å². The summed E-state index contributed by atoms with van der Waals surface area (Å²) < 4.78 is 0. The maximum atomic E-state index is 5.95. The molecule has 1 aromatic rings. The molecule has 2 N–H and O–H groups in total. The summed E-state index contributed by atoms with van der Waals surface area (Å²) in [5, 5.41) is 0. The lowest BCUT2D eigenvalue weighted by Gasteiger charge is -2.41.